The minimum atomic E-state index is -0.551. The molecule has 8 heteroatoms. The summed E-state index contributed by atoms with van der Waals surface area (Å²) in [4.78, 5) is 20.5. The SMILES string of the molecule is Cn1cc(-c2cc(OCc3ccccc3)c3c(n2)C2(CCOC2)OCC3)c2cc(NC=O)ncc21. The van der Waals surface area contributed by atoms with E-state index in [9.17, 15) is 4.79 Å². The van der Waals surface area contributed by atoms with Crippen LogP contribution in [0.15, 0.2) is 54.9 Å². The summed E-state index contributed by atoms with van der Waals surface area (Å²) in [5.41, 5.74) is 5.21. The Kier molecular flexibility index (Phi) is 5.47. The fraction of sp³-hybridized carbons (Fsp3) is 0.296. The number of nitrogens with one attached hydrogen (secondary N) is 1. The van der Waals surface area contributed by atoms with Crippen LogP contribution in [0, 0.1) is 0 Å². The molecule has 1 atom stereocenters. The van der Waals surface area contributed by atoms with E-state index in [1.54, 1.807) is 6.20 Å². The van der Waals surface area contributed by atoms with E-state index < -0.39 is 5.60 Å². The van der Waals surface area contributed by atoms with E-state index in [0.29, 0.717) is 38.7 Å². The summed E-state index contributed by atoms with van der Waals surface area (Å²) in [6.07, 6.45) is 5.92. The predicted octanol–water partition coefficient (Wildman–Crippen LogP) is 3.97. The number of aromatic nitrogens is 3. The van der Waals surface area contributed by atoms with E-state index in [0.717, 1.165) is 57.6 Å². The number of carbonyl (C=O) groups is 1. The first kappa shape index (κ1) is 21.8. The van der Waals surface area contributed by atoms with Crippen molar-refractivity contribution in [3.8, 4) is 17.0 Å². The molecule has 1 fully saturated rings. The van der Waals surface area contributed by atoms with Gasteiger partial charge in [-0.3, -0.25) is 4.79 Å². The zero-order valence-corrected chi connectivity index (χ0v) is 19.5. The molecule has 8 nitrogen and oxygen atoms in total. The van der Waals surface area contributed by atoms with Crippen LogP contribution in [0.1, 0.15) is 23.2 Å². The van der Waals surface area contributed by atoms with Crippen molar-refractivity contribution in [1.29, 1.82) is 0 Å². The minimum Gasteiger partial charge on any atom is -0.488 e. The van der Waals surface area contributed by atoms with E-state index >= 15 is 0 Å². The fourth-order valence-electron chi connectivity index (χ4n) is 5.05. The summed E-state index contributed by atoms with van der Waals surface area (Å²) in [7, 11) is 1.97. The van der Waals surface area contributed by atoms with Crippen LogP contribution in [0.5, 0.6) is 5.75 Å². The molecule has 2 aliphatic heterocycles. The van der Waals surface area contributed by atoms with Crippen molar-refractivity contribution in [2.45, 2.75) is 25.0 Å². The highest BCUT2D eigenvalue weighted by molar-refractivity contribution is 5.97. The van der Waals surface area contributed by atoms with Crippen LogP contribution in [0.4, 0.5) is 5.82 Å². The first-order valence-electron chi connectivity index (χ1n) is 11.8. The Morgan fingerprint density at radius 2 is 2.11 bits per heavy atom. The largest absolute Gasteiger partial charge is 0.488 e. The normalized spacial score (nSPS) is 19.1. The Morgan fingerprint density at radius 3 is 2.91 bits per heavy atom. The molecule has 35 heavy (non-hydrogen) atoms. The van der Waals surface area contributed by atoms with Crippen LogP contribution in [-0.4, -0.2) is 40.8 Å². The monoisotopic (exact) mass is 470 g/mol. The van der Waals surface area contributed by atoms with Gasteiger partial charge in [-0.1, -0.05) is 30.3 Å². The molecule has 1 saturated heterocycles. The van der Waals surface area contributed by atoms with E-state index in [1.165, 1.54) is 0 Å². The number of ether oxygens (including phenoxy) is 3. The summed E-state index contributed by atoms with van der Waals surface area (Å²) < 4.78 is 20.5. The van der Waals surface area contributed by atoms with E-state index in [2.05, 4.69) is 22.4 Å². The van der Waals surface area contributed by atoms with Gasteiger partial charge in [0, 0.05) is 55.3 Å². The van der Waals surface area contributed by atoms with Crippen LogP contribution >= 0.6 is 0 Å². The van der Waals surface area contributed by atoms with Crippen LogP contribution in [0.3, 0.4) is 0 Å². The lowest BCUT2D eigenvalue weighted by Gasteiger charge is -2.34. The Morgan fingerprint density at radius 1 is 1.23 bits per heavy atom. The van der Waals surface area contributed by atoms with Crippen molar-refractivity contribution in [1.82, 2.24) is 14.5 Å². The molecule has 1 unspecified atom stereocenters. The fourth-order valence-corrected chi connectivity index (χ4v) is 5.05. The maximum absolute atomic E-state index is 11.0. The van der Waals surface area contributed by atoms with Crippen LogP contribution in [0.25, 0.3) is 22.2 Å². The van der Waals surface area contributed by atoms with Crippen LogP contribution in [-0.2, 0) is 39.9 Å². The second kappa shape index (κ2) is 8.79. The molecular formula is C27H26N4O4. The smallest absolute Gasteiger partial charge is 0.212 e. The molecule has 0 bridgehead atoms. The highest BCUT2D eigenvalue weighted by Crippen LogP contribution is 2.44. The lowest BCUT2D eigenvalue weighted by atomic mass is 9.89. The molecule has 0 saturated carbocycles. The number of aryl methyl sites for hydroxylation is 1. The first-order chi connectivity index (χ1) is 17.2. The lowest BCUT2D eigenvalue weighted by molar-refractivity contribution is -0.105. The van der Waals surface area contributed by atoms with Gasteiger partial charge < -0.3 is 24.1 Å². The molecule has 6 rings (SSSR count). The zero-order chi connectivity index (χ0) is 23.8. The number of nitrogens with zero attached hydrogens (tertiary/aromatic N) is 3. The van der Waals surface area contributed by atoms with Gasteiger partial charge >= 0.3 is 0 Å². The molecule has 1 spiro atoms. The average Bonchev–Trinajstić information content (AvgIpc) is 3.48. The molecule has 1 aromatic carbocycles. The Hall–Kier alpha value is -3.75. The van der Waals surface area contributed by atoms with Crippen molar-refractivity contribution >= 4 is 23.1 Å². The molecule has 1 amide bonds. The second-order valence-electron chi connectivity index (χ2n) is 9.00. The van der Waals surface area contributed by atoms with Gasteiger partial charge in [-0.2, -0.15) is 0 Å². The van der Waals surface area contributed by atoms with Gasteiger partial charge in [-0.25, -0.2) is 9.97 Å². The third-order valence-corrected chi connectivity index (χ3v) is 6.83. The highest BCUT2D eigenvalue weighted by Gasteiger charge is 2.44. The standard InChI is InChI=1S/C27H26N4O4/c1-31-14-21(20-11-25(29-17-32)28-13-23(20)31)22-12-24(34-15-18-5-3-2-4-6-18)19-7-9-35-27(26(19)30-22)8-10-33-16-27/h2-6,11-14,17H,7-10,15-16H2,1H3,(H,28,29,32). The third-order valence-electron chi connectivity index (χ3n) is 6.83. The van der Waals surface area contributed by atoms with Crippen molar-refractivity contribution in [3.63, 3.8) is 0 Å². The van der Waals surface area contributed by atoms with Gasteiger partial charge in [0.1, 0.15) is 23.8 Å². The van der Waals surface area contributed by atoms with Gasteiger partial charge in [-0.15, -0.1) is 0 Å². The molecule has 4 aromatic rings. The number of hydrogen-bond donors (Lipinski definition) is 1. The van der Waals surface area contributed by atoms with Gasteiger partial charge in [0.05, 0.1) is 36.3 Å². The number of benzene rings is 1. The number of fused-ring (bicyclic) bond motifs is 3. The average molecular weight is 471 g/mol. The first-order valence-corrected chi connectivity index (χ1v) is 11.8. The van der Waals surface area contributed by atoms with E-state index in [1.807, 2.05) is 48.1 Å². The maximum atomic E-state index is 11.0. The number of rotatable bonds is 6. The number of carbonyl (C=O) groups excluding carboxylic acids is 1. The summed E-state index contributed by atoms with van der Waals surface area (Å²) in [6.45, 7) is 2.21. The molecular weight excluding hydrogens is 444 g/mol. The molecule has 0 aliphatic carbocycles. The van der Waals surface area contributed by atoms with Gasteiger partial charge in [0.15, 0.2) is 0 Å². The molecule has 178 valence electrons. The van der Waals surface area contributed by atoms with Crippen molar-refractivity contribution in [3.05, 3.63) is 71.7 Å². The molecule has 5 heterocycles. The molecule has 2 aliphatic rings. The highest BCUT2D eigenvalue weighted by atomic mass is 16.6. The third kappa shape index (κ3) is 3.84. The molecule has 1 N–H and O–H groups in total. The number of hydrogen-bond acceptors (Lipinski definition) is 6. The summed E-state index contributed by atoms with van der Waals surface area (Å²) >= 11 is 0. The Labute approximate surface area is 202 Å². The van der Waals surface area contributed by atoms with Crippen molar-refractivity contribution in [2.75, 3.05) is 25.1 Å². The quantitative estimate of drug-likeness (QED) is 0.429. The van der Waals surface area contributed by atoms with E-state index in [-0.39, 0.29) is 0 Å². The van der Waals surface area contributed by atoms with E-state index in [4.69, 9.17) is 19.2 Å². The Bertz CT molecular complexity index is 1390. The van der Waals surface area contributed by atoms with Crippen molar-refractivity contribution in [2.24, 2.45) is 7.05 Å². The van der Waals surface area contributed by atoms with Crippen LogP contribution in [0.2, 0.25) is 0 Å². The van der Waals surface area contributed by atoms with Gasteiger partial charge in [-0.05, 0) is 11.6 Å². The zero-order valence-electron chi connectivity index (χ0n) is 19.5. The topological polar surface area (TPSA) is 87.5 Å². The number of pyridine rings is 2. The number of amides is 1. The van der Waals surface area contributed by atoms with Crippen LogP contribution < -0.4 is 10.1 Å². The molecule has 0 radical (unpaired) electrons. The minimum absolute atomic E-state index is 0.466. The lowest BCUT2D eigenvalue weighted by Crippen LogP contribution is -2.37. The molecule has 3 aromatic heterocycles. The summed E-state index contributed by atoms with van der Waals surface area (Å²) in [5.74, 6) is 1.31. The second-order valence-corrected chi connectivity index (χ2v) is 9.00. The van der Waals surface area contributed by atoms with Gasteiger partial charge in [0.25, 0.3) is 0 Å². The maximum Gasteiger partial charge on any atom is 0.212 e. The Balaban J connectivity index is 1.51. The summed E-state index contributed by atoms with van der Waals surface area (Å²) in [5, 5.41) is 3.59. The number of anilines is 1. The van der Waals surface area contributed by atoms with Crippen molar-refractivity contribution < 1.29 is 19.0 Å². The summed E-state index contributed by atoms with van der Waals surface area (Å²) in [6, 6.07) is 14.0. The van der Waals surface area contributed by atoms with Gasteiger partial charge in [0.2, 0.25) is 6.41 Å². The predicted molar refractivity (Wildman–Crippen MR) is 131 cm³/mol.